The van der Waals surface area contributed by atoms with Gasteiger partial charge >= 0.3 is 0 Å². The van der Waals surface area contributed by atoms with E-state index in [2.05, 4.69) is 77.7 Å². The third-order valence-electron chi connectivity index (χ3n) is 4.63. The molecule has 5 nitrogen and oxygen atoms in total. The van der Waals surface area contributed by atoms with E-state index in [4.69, 9.17) is 4.99 Å². The van der Waals surface area contributed by atoms with Crippen LogP contribution >= 0.6 is 0 Å². The highest BCUT2D eigenvalue weighted by Crippen LogP contribution is 2.20. The van der Waals surface area contributed by atoms with Crippen molar-refractivity contribution in [3.63, 3.8) is 0 Å². The van der Waals surface area contributed by atoms with Gasteiger partial charge in [-0.25, -0.2) is 0 Å². The fourth-order valence-electron chi connectivity index (χ4n) is 3.16. The van der Waals surface area contributed by atoms with Crippen LogP contribution in [0, 0.1) is 0 Å². The van der Waals surface area contributed by atoms with Crippen LogP contribution in [-0.2, 0) is 6.42 Å². The van der Waals surface area contributed by atoms with E-state index in [9.17, 15) is 0 Å². The molecule has 2 N–H and O–H groups in total. The van der Waals surface area contributed by atoms with Crippen LogP contribution in [0.25, 0.3) is 0 Å². The Balaban J connectivity index is 2.02. The SMILES string of the molecule is CCNC(=NCC(c1ccccc1)N(CC)CC)NCCc1cccnc1. The second-order valence-corrected chi connectivity index (χ2v) is 6.41. The number of likely N-dealkylation sites (N-methyl/N-ethyl adjacent to an activating group) is 1. The number of aliphatic imine (C=N–C) groups is 1. The third kappa shape index (κ3) is 7.02. The number of pyridine rings is 1. The van der Waals surface area contributed by atoms with Crippen molar-refractivity contribution >= 4 is 5.96 Å². The molecule has 1 heterocycles. The zero-order valence-electron chi connectivity index (χ0n) is 16.9. The van der Waals surface area contributed by atoms with E-state index in [0.29, 0.717) is 0 Å². The van der Waals surface area contributed by atoms with Crippen LogP contribution in [0.15, 0.2) is 59.9 Å². The number of hydrogen-bond acceptors (Lipinski definition) is 3. The first kappa shape index (κ1) is 20.9. The number of nitrogens with zero attached hydrogens (tertiary/aromatic N) is 3. The van der Waals surface area contributed by atoms with Gasteiger partial charge in [0.2, 0.25) is 0 Å². The summed E-state index contributed by atoms with van der Waals surface area (Å²) >= 11 is 0. The van der Waals surface area contributed by atoms with Crippen LogP contribution < -0.4 is 10.6 Å². The molecule has 0 aliphatic carbocycles. The van der Waals surface area contributed by atoms with Crippen LogP contribution in [0.1, 0.15) is 37.9 Å². The lowest BCUT2D eigenvalue weighted by Crippen LogP contribution is -2.39. The van der Waals surface area contributed by atoms with Crippen molar-refractivity contribution in [1.82, 2.24) is 20.5 Å². The van der Waals surface area contributed by atoms with E-state index >= 15 is 0 Å². The van der Waals surface area contributed by atoms with Crippen LogP contribution in [0.2, 0.25) is 0 Å². The van der Waals surface area contributed by atoms with Crippen molar-refractivity contribution in [1.29, 1.82) is 0 Å². The van der Waals surface area contributed by atoms with Gasteiger partial charge in [0.25, 0.3) is 0 Å². The maximum absolute atomic E-state index is 4.88. The summed E-state index contributed by atoms with van der Waals surface area (Å²) in [5.74, 6) is 0.870. The molecule has 1 atom stereocenters. The molecule has 27 heavy (non-hydrogen) atoms. The monoisotopic (exact) mass is 367 g/mol. The smallest absolute Gasteiger partial charge is 0.191 e. The molecular formula is C22H33N5. The summed E-state index contributed by atoms with van der Waals surface area (Å²) in [5.41, 5.74) is 2.54. The van der Waals surface area contributed by atoms with Crippen molar-refractivity contribution in [2.75, 3.05) is 32.7 Å². The Morgan fingerprint density at radius 2 is 1.81 bits per heavy atom. The van der Waals surface area contributed by atoms with Gasteiger partial charge in [0.05, 0.1) is 12.6 Å². The minimum Gasteiger partial charge on any atom is -0.357 e. The van der Waals surface area contributed by atoms with Crippen LogP contribution in [0.4, 0.5) is 0 Å². The Bertz CT molecular complexity index is 653. The zero-order valence-corrected chi connectivity index (χ0v) is 16.9. The first-order valence-corrected chi connectivity index (χ1v) is 9.98. The molecule has 2 rings (SSSR count). The molecular weight excluding hydrogens is 334 g/mol. The third-order valence-corrected chi connectivity index (χ3v) is 4.63. The maximum Gasteiger partial charge on any atom is 0.191 e. The predicted molar refractivity (Wildman–Crippen MR) is 114 cm³/mol. The van der Waals surface area contributed by atoms with E-state index in [-0.39, 0.29) is 6.04 Å². The molecule has 0 fully saturated rings. The van der Waals surface area contributed by atoms with Gasteiger partial charge in [0, 0.05) is 25.5 Å². The minimum atomic E-state index is 0.287. The molecule has 0 amide bonds. The molecule has 0 radical (unpaired) electrons. The number of guanidine groups is 1. The largest absolute Gasteiger partial charge is 0.357 e. The van der Waals surface area contributed by atoms with Gasteiger partial charge in [-0.15, -0.1) is 0 Å². The van der Waals surface area contributed by atoms with Gasteiger partial charge in [0.1, 0.15) is 0 Å². The van der Waals surface area contributed by atoms with E-state index in [1.54, 1.807) is 6.20 Å². The van der Waals surface area contributed by atoms with Crippen molar-refractivity contribution in [3.05, 3.63) is 66.0 Å². The van der Waals surface area contributed by atoms with Crippen LogP contribution in [0.3, 0.4) is 0 Å². The first-order valence-electron chi connectivity index (χ1n) is 9.98. The predicted octanol–water partition coefficient (Wildman–Crippen LogP) is 3.26. The van der Waals surface area contributed by atoms with Gasteiger partial charge in [-0.1, -0.05) is 50.2 Å². The van der Waals surface area contributed by atoms with Gasteiger partial charge in [-0.2, -0.15) is 0 Å². The lowest BCUT2D eigenvalue weighted by molar-refractivity contribution is 0.224. The molecule has 0 saturated carbocycles. The van der Waals surface area contributed by atoms with E-state index < -0.39 is 0 Å². The summed E-state index contributed by atoms with van der Waals surface area (Å²) in [6.45, 7) is 10.9. The average Bonchev–Trinajstić information content (AvgIpc) is 2.72. The number of hydrogen-bond donors (Lipinski definition) is 2. The first-order chi connectivity index (χ1) is 13.3. The van der Waals surface area contributed by atoms with Crippen molar-refractivity contribution in [2.45, 2.75) is 33.2 Å². The number of nitrogens with one attached hydrogen (secondary N) is 2. The van der Waals surface area contributed by atoms with E-state index in [0.717, 1.165) is 45.1 Å². The van der Waals surface area contributed by atoms with Crippen LogP contribution in [0.5, 0.6) is 0 Å². The Morgan fingerprint density at radius 3 is 2.44 bits per heavy atom. The lowest BCUT2D eigenvalue weighted by atomic mass is 10.1. The van der Waals surface area contributed by atoms with Crippen molar-refractivity contribution < 1.29 is 0 Å². The molecule has 1 unspecified atom stereocenters. The fraction of sp³-hybridized carbons (Fsp3) is 0.455. The Morgan fingerprint density at radius 1 is 1.04 bits per heavy atom. The normalized spacial score (nSPS) is 12.8. The molecule has 0 aliphatic heterocycles. The molecule has 0 spiro atoms. The van der Waals surface area contributed by atoms with E-state index in [1.807, 2.05) is 12.3 Å². The summed E-state index contributed by atoms with van der Waals surface area (Å²) in [6, 6.07) is 15.0. The second-order valence-electron chi connectivity index (χ2n) is 6.41. The number of aromatic nitrogens is 1. The molecule has 0 bridgehead atoms. The van der Waals surface area contributed by atoms with Gasteiger partial charge in [0.15, 0.2) is 5.96 Å². The highest BCUT2D eigenvalue weighted by Gasteiger charge is 2.17. The number of benzene rings is 1. The van der Waals surface area contributed by atoms with Crippen LogP contribution in [-0.4, -0.2) is 48.6 Å². The van der Waals surface area contributed by atoms with Gasteiger partial charge in [-0.05, 0) is 43.6 Å². The topological polar surface area (TPSA) is 52.6 Å². The minimum absolute atomic E-state index is 0.287. The van der Waals surface area contributed by atoms with Gasteiger partial charge < -0.3 is 10.6 Å². The standard InChI is InChI=1S/C22H33N5/c1-4-24-22(25-16-14-19-11-10-15-23-17-19)26-18-21(27(5-2)6-3)20-12-8-7-9-13-20/h7-13,15,17,21H,4-6,14,16,18H2,1-3H3,(H2,24,25,26). The van der Waals surface area contributed by atoms with Crippen molar-refractivity contribution in [2.24, 2.45) is 4.99 Å². The summed E-state index contributed by atoms with van der Waals surface area (Å²) < 4.78 is 0. The molecule has 0 saturated heterocycles. The second kappa shape index (κ2) is 12.1. The summed E-state index contributed by atoms with van der Waals surface area (Å²) in [7, 11) is 0. The molecule has 2 aromatic rings. The van der Waals surface area contributed by atoms with Gasteiger partial charge in [-0.3, -0.25) is 14.9 Å². The average molecular weight is 368 g/mol. The molecule has 0 aliphatic rings. The highest BCUT2D eigenvalue weighted by molar-refractivity contribution is 5.79. The maximum atomic E-state index is 4.88. The lowest BCUT2D eigenvalue weighted by Gasteiger charge is -2.29. The Labute approximate surface area is 163 Å². The number of rotatable bonds is 10. The molecule has 146 valence electrons. The molecule has 1 aromatic carbocycles. The molecule has 1 aromatic heterocycles. The summed E-state index contributed by atoms with van der Waals surface area (Å²) in [6.07, 6.45) is 4.65. The summed E-state index contributed by atoms with van der Waals surface area (Å²) in [4.78, 5) is 11.5. The van der Waals surface area contributed by atoms with Crippen molar-refractivity contribution in [3.8, 4) is 0 Å². The highest BCUT2D eigenvalue weighted by atomic mass is 15.2. The fourth-order valence-corrected chi connectivity index (χ4v) is 3.16. The van der Waals surface area contributed by atoms with E-state index in [1.165, 1.54) is 11.1 Å². The quantitative estimate of drug-likeness (QED) is 0.500. The zero-order chi connectivity index (χ0) is 19.3. The Kier molecular flexibility index (Phi) is 9.35. The summed E-state index contributed by atoms with van der Waals surface area (Å²) in [5, 5.41) is 6.80. The molecule has 5 heteroatoms. The Hall–Kier alpha value is -2.40.